The molecular formula is C19H15F3N4O. The summed E-state index contributed by atoms with van der Waals surface area (Å²) in [6.45, 7) is -0.154. The summed E-state index contributed by atoms with van der Waals surface area (Å²) >= 11 is 0. The van der Waals surface area contributed by atoms with Gasteiger partial charge in [0.05, 0.1) is 17.4 Å². The number of carbonyl (C=O) groups excluding carboxylic acids is 1. The van der Waals surface area contributed by atoms with Crippen molar-refractivity contribution >= 4 is 17.7 Å². The Morgan fingerprint density at radius 3 is 2.52 bits per heavy atom. The van der Waals surface area contributed by atoms with Crippen molar-refractivity contribution in [3.05, 3.63) is 71.3 Å². The van der Waals surface area contributed by atoms with E-state index in [4.69, 9.17) is 5.41 Å². The van der Waals surface area contributed by atoms with Crippen LogP contribution in [0.5, 0.6) is 0 Å². The van der Waals surface area contributed by atoms with Gasteiger partial charge < -0.3 is 5.32 Å². The molecule has 0 aliphatic rings. The monoisotopic (exact) mass is 372 g/mol. The fourth-order valence-electron chi connectivity index (χ4n) is 2.67. The Labute approximate surface area is 153 Å². The second-order valence-corrected chi connectivity index (χ2v) is 5.87. The molecule has 8 heteroatoms. The Kier molecular flexibility index (Phi) is 5.07. The van der Waals surface area contributed by atoms with Gasteiger partial charge in [-0.15, -0.1) is 0 Å². The quantitative estimate of drug-likeness (QED) is 0.512. The predicted molar refractivity (Wildman–Crippen MR) is 95.2 cm³/mol. The van der Waals surface area contributed by atoms with Crippen LogP contribution in [0.3, 0.4) is 0 Å². The van der Waals surface area contributed by atoms with Crippen molar-refractivity contribution in [2.75, 3.05) is 5.32 Å². The van der Waals surface area contributed by atoms with Gasteiger partial charge in [0.25, 0.3) is 0 Å². The van der Waals surface area contributed by atoms with E-state index in [9.17, 15) is 18.0 Å². The van der Waals surface area contributed by atoms with Crippen LogP contribution in [0.15, 0.2) is 42.7 Å². The van der Waals surface area contributed by atoms with E-state index >= 15 is 0 Å². The van der Waals surface area contributed by atoms with E-state index in [0.29, 0.717) is 5.56 Å². The molecule has 2 aromatic carbocycles. The molecule has 2 N–H and O–H groups in total. The normalized spacial score (nSPS) is 10.7. The summed E-state index contributed by atoms with van der Waals surface area (Å²) in [6, 6.07) is 6.24. The van der Waals surface area contributed by atoms with E-state index < -0.39 is 28.7 Å². The molecule has 0 spiro atoms. The third kappa shape index (κ3) is 3.74. The van der Waals surface area contributed by atoms with E-state index in [0.717, 1.165) is 17.7 Å². The molecule has 0 radical (unpaired) electrons. The largest absolute Gasteiger partial charge is 0.378 e. The lowest BCUT2D eigenvalue weighted by atomic mass is 10.0. The zero-order chi connectivity index (χ0) is 19.6. The number of carbonyl (C=O) groups is 1. The van der Waals surface area contributed by atoms with Crippen molar-refractivity contribution < 1.29 is 18.0 Å². The number of anilines is 1. The van der Waals surface area contributed by atoms with Gasteiger partial charge in [-0.1, -0.05) is 12.1 Å². The number of hydrogen-bond acceptors (Lipinski definition) is 4. The molecule has 0 atom stereocenters. The van der Waals surface area contributed by atoms with Gasteiger partial charge in [0.2, 0.25) is 0 Å². The Hall–Kier alpha value is -3.42. The average molecular weight is 372 g/mol. The first-order chi connectivity index (χ1) is 12.9. The smallest absolute Gasteiger partial charge is 0.168 e. The van der Waals surface area contributed by atoms with Gasteiger partial charge in [-0.25, -0.2) is 13.2 Å². The lowest BCUT2D eigenvalue weighted by molar-refractivity contribution is -0.102. The number of nitrogens with zero attached hydrogens (tertiary/aromatic N) is 2. The van der Waals surface area contributed by atoms with Gasteiger partial charge >= 0.3 is 0 Å². The summed E-state index contributed by atoms with van der Waals surface area (Å²) in [7, 11) is 1.75. The maximum Gasteiger partial charge on any atom is 0.168 e. The predicted octanol–water partition coefficient (Wildman–Crippen LogP) is 3.68. The molecule has 138 valence electrons. The lowest BCUT2D eigenvalue weighted by Crippen LogP contribution is -2.12. The van der Waals surface area contributed by atoms with Gasteiger partial charge in [0, 0.05) is 30.9 Å². The lowest BCUT2D eigenvalue weighted by Gasteiger charge is -2.13. The highest BCUT2D eigenvalue weighted by atomic mass is 19.1. The Balaban J connectivity index is 1.86. The first-order valence-electron chi connectivity index (χ1n) is 7.94. The summed E-state index contributed by atoms with van der Waals surface area (Å²) < 4.78 is 44.0. The van der Waals surface area contributed by atoms with Crippen LogP contribution in [0.25, 0.3) is 11.1 Å². The van der Waals surface area contributed by atoms with Crippen LogP contribution in [0.2, 0.25) is 0 Å². The third-order valence-corrected chi connectivity index (χ3v) is 4.04. The van der Waals surface area contributed by atoms with Crippen LogP contribution < -0.4 is 5.32 Å². The van der Waals surface area contributed by atoms with Crippen LogP contribution in [0.4, 0.5) is 18.9 Å². The van der Waals surface area contributed by atoms with Crippen LogP contribution in [0, 0.1) is 22.9 Å². The van der Waals surface area contributed by atoms with Crippen LogP contribution in [-0.2, 0) is 18.4 Å². The van der Waals surface area contributed by atoms with Crippen molar-refractivity contribution in [1.29, 1.82) is 5.41 Å². The second-order valence-electron chi connectivity index (χ2n) is 5.87. The minimum atomic E-state index is -0.914. The molecule has 27 heavy (non-hydrogen) atoms. The molecule has 0 fully saturated rings. The minimum absolute atomic E-state index is 0.117. The highest BCUT2D eigenvalue weighted by Crippen LogP contribution is 2.26. The molecule has 0 saturated heterocycles. The van der Waals surface area contributed by atoms with Gasteiger partial charge in [0.15, 0.2) is 6.29 Å². The number of aldehydes is 1. The maximum atomic E-state index is 14.4. The van der Waals surface area contributed by atoms with Crippen molar-refractivity contribution in [2.45, 2.75) is 6.54 Å². The highest BCUT2D eigenvalue weighted by molar-refractivity contribution is 6.36. The molecule has 0 aliphatic heterocycles. The molecule has 0 amide bonds. The maximum absolute atomic E-state index is 14.4. The summed E-state index contributed by atoms with van der Waals surface area (Å²) in [6.07, 6.45) is 3.46. The van der Waals surface area contributed by atoms with Crippen LogP contribution >= 0.6 is 0 Å². The first-order valence-corrected chi connectivity index (χ1v) is 7.94. The standard InChI is InChI=1S/C19H15F3N4O/c1-26-9-13(8-25-26)11-2-3-12(16(22)6-11)7-24-19-15(21)5-4-14(20)18(19)17(23)10-27/h2-6,8-10,23-24H,7H2,1H3. The van der Waals surface area contributed by atoms with Gasteiger partial charge in [0.1, 0.15) is 23.2 Å². The molecule has 0 bridgehead atoms. The zero-order valence-corrected chi connectivity index (χ0v) is 14.3. The Bertz CT molecular complexity index is 1030. The van der Waals surface area contributed by atoms with Crippen LogP contribution in [0.1, 0.15) is 11.1 Å². The van der Waals surface area contributed by atoms with E-state index in [1.54, 1.807) is 30.2 Å². The SMILES string of the molecule is Cn1cc(-c2ccc(CNc3c(F)ccc(F)c3C(=N)C=O)c(F)c2)cn1. The van der Waals surface area contributed by atoms with Gasteiger partial charge in [-0.3, -0.25) is 14.9 Å². The van der Waals surface area contributed by atoms with Gasteiger partial charge in [-0.2, -0.15) is 5.10 Å². The average Bonchev–Trinajstić information content (AvgIpc) is 3.09. The number of hydrogen-bond donors (Lipinski definition) is 2. The molecule has 0 aliphatic carbocycles. The summed E-state index contributed by atoms with van der Waals surface area (Å²) in [4.78, 5) is 10.8. The van der Waals surface area contributed by atoms with Crippen molar-refractivity contribution in [1.82, 2.24) is 9.78 Å². The molecule has 1 aromatic heterocycles. The fourth-order valence-corrected chi connectivity index (χ4v) is 2.67. The molecule has 3 aromatic rings. The topological polar surface area (TPSA) is 70.8 Å². The minimum Gasteiger partial charge on any atom is -0.378 e. The summed E-state index contributed by atoms with van der Waals surface area (Å²) in [5.41, 5.74) is 0.0375. The summed E-state index contributed by atoms with van der Waals surface area (Å²) in [5, 5.41) is 14.1. The van der Waals surface area contributed by atoms with Crippen molar-refractivity contribution in [2.24, 2.45) is 7.05 Å². The number of halogens is 3. The third-order valence-electron chi connectivity index (χ3n) is 4.04. The first kappa shape index (κ1) is 18.4. The zero-order valence-electron chi connectivity index (χ0n) is 14.3. The summed E-state index contributed by atoms with van der Waals surface area (Å²) in [5.74, 6) is -2.29. The molecule has 0 unspecified atom stereocenters. The number of nitrogens with one attached hydrogen (secondary N) is 2. The Morgan fingerprint density at radius 1 is 1.15 bits per heavy atom. The molecule has 1 heterocycles. The van der Waals surface area contributed by atoms with Crippen LogP contribution in [-0.4, -0.2) is 21.8 Å². The van der Waals surface area contributed by atoms with Gasteiger partial charge in [-0.05, 0) is 23.8 Å². The fraction of sp³-hybridized carbons (Fsp3) is 0.105. The highest BCUT2D eigenvalue weighted by Gasteiger charge is 2.18. The van der Waals surface area contributed by atoms with E-state index in [-0.39, 0.29) is 24.1 Å². The van der Waals surface area contributed by atoms with E-state index in [2.05, 4.69) is 10.4 Å². The molecular weight excluding hydrogens is 357 g/mol. The number of aromatic nitrogens is 2. The van der Waals surface area contributed by atoms with E-state index in [1.807, 2.05) is 0 Å². The van der Waals surface area contributed by atoms with Crippen molar-refractivity contribution in [3.8, 4) is 11.1 Å². The molecule has 0 saturated carbocycles. The Morgan fingerprint density at radius 2 is 1.89 bits per heavy atom. The molecule has 5 nitrogen and oxygen atoms in total. The number of benzene rings is 2. The second kappa shape index (κ2) is 7.45. The molecule has 3 rings (SSSR count). The number of aryl methyl sites for hydroxylation is 1. The van der Waals surface area contributed by atoms with E-state index in [1.165, 1.54) is 12.1 Å². The van der Waals surface area contributed by atoms with Crippen molar-refractivity contribution in [3.63, 3.8) is 0 Å². The number of rotatable bonds is 6.